The third-order valence-electron chi connectivity index (χ3n) is 8.78. The van der Waals surface area contributed by atoms with Gasteiger partial charge in [0.2, 0.25) is 11.8 Å². The van der Waals surface area contributed by atoms with E-state index in [0.29, 0.717) is 5.69 Å². The van der Waals surface area contributed by atoms with Crippen molar-refractivity contribution in [1.29, 1.82) is 0 Å². The van der Waals surface area contributed by atoms with E-state index >= 15 is 0 Å². The van der Waals surface area contributed by atoms with Crippen LogP contribution >= 0.6 is 23.1 Å². The zero-order valence-corrected chi connectivity index (χ0v) is 21.9. The van der Waals surface area contributed by atoms with E-state index in [-0.39, 0.29) is 57.4 Å². The molecule has 7 atom stereocenters. The zero-order chi connectivity index (χ0) is 24.9. The second-order valence-corrected chi connectivity index (χ2v) is 13.0. The topological polar surface area (TPSA) is 73.5 Å². The fraction of sp³-hybridized carbons (Fsp3) is 0.393. The Bertz CT molecular complexity index is 1440. The summed E-state index contributed by atoms with van der Waals surface area (Å²) in [5.41, 5.74) is 4.09. The molecule has 184 valence electrons. The van der Waals surface area contributed by atoms with Gasteiger partial charge in [0, 0.05) is 35.8 Å². The molecule has 1 aromatic heterocycles. The molecule has 2 saturated carbocycles. The van der Waals surface area contributed by atoms with Crippen molar-refractivity contribution in [3.05, 3.63) is 74.2 Å². The van der Waals surface area contributed by atoms with Crippen molar-refractivity contribution in [2.45, 2.75) is 29.5 Å². The number of anilines is 2. The van der Waals surface area contributed by atoms with Crippen molar-refractivity contribution in [2.24, 2.45) is 29.6 Å². The Morgan fingerprint density at radius 1 is 0.917 bits per heavy atom. The van der Waals surface area contributed by atoms with E-state index < -0.39 is 0 Å². The van der Waals surface area contributed by atoms with Crippen LogP contribution in [0.3, 0.4) is 0 Å². The van der Waals surface area contributed by atoms with Crippen molar-refractivity contribution in [3.63, 3.8) is 0 Å². The zero-order valence-electron chi connectivity index (χ0n) is 20.3. The highest BCUT2D eigenvalue weighted by atomic mass is 32.2. The summed E-state index contributed by atoms with van der Waals surface area (Å²) in [7, 11) is 4.05. The van der Waals surface area contributed by atoms with Gasteiger partial charge < -0.3 is 9.88 Å². The van der Waals surface area contributed by atoms with E-state index in [4.69, 9.17) is 0 Å². The molecule has 0 unspecified atom stereocenters. The molecule has 2 amide bonds. The highest BCUT2D eigenvalue weighted by molar-refractivity contribution is 8.00. The fourth-order valence-electron chi connectivity index (χ4n) is 7.32. The summed E-state index contributed by atoms with van der Waals surface area (Å²) in [5, 5.41) is 1.16. The maximum Gasteiger partial charge on any atom is 0.305 e. The minimum absolute atomic E-state index is 0.0346. The van der Waals surface area contributed by atoms with Gasteiger partial charge in [0.25, 0.3) is 0 Å². The van der Waals surface area contributed by atoms with Crippen LogP contribution in [0.4, 0.5) is 11.4 Å². The van der Waals surface area contributed by atoms with Gasteiger partial charge in [-0.2, -0.15) is 0 Å². The van der Waals surface area contributed by atoms with Gasteiger partial charge in [-0.1, -0.05) is 41.2 Å². The molecule has 1 N–H and O–H groups in total. The monoisotopic (exact) mass is 517 g/mol. The normalized spacial score (nSPS) is 32.0. The average Bonchev–Trinajstić information content (AvgIpc) is 3.59. The first-order valence-electron chi connectivity index (χ1n) is 12.4. The SMILES string of the molecule is Cc1ccc(N2C(=O)[C@@H]3[C@H]4C[C@H]([C@H]5Sc6[nH]c(=O)sc6[C@H](c6ccc(N(C)C)cc6)[C@H]45)[C@@H]3C2=O)cc1. The number of H-pyrrole nitrogens is 1. The summed E-state index contributed by atoms with van der Waals surface area (Å²) in [5.74, 6) is -0.0711. The van der Waals surface area contributed by atoms with Crippen LogP contribution in [0.1, 0.15) is 28.3 Å². The summed E-state index contributed by atoms with van der Waals surface area (Å²) in [6.07, 6.45) is 0.905. The first-order chi connectivity index (χ1) is 17.3. The quantitative estimate of drug-likeness (QED) is 0.519. The lowest BCUT2D eigenvalue weighted by atomic mass is 9.68. The molecule has 3 aromatic rings. The predicted octanol–water partition coefficient (Wildman–Crippen LogP) is 4.49. The Kier molecular flexibility index (Phi) is 4.86. The number of aromatic nitrogens is 1. The summed E-state index contributed by atoms with van der Waals surface area (Å²) in [4.78, 5) is 47.6. The number of hydrogen-bond donors (Lipinski definition) is 1. The van der Waals surface area contributed by atoms with Gasteiger partial charge in [0.15, 0.2) is 0 Å². The average molecular weight is 518 g/mol. The van der Waals surface area contributed by atoms with Gasteiger partial charge >= 0.3 is 4.87 Å². The fourth-order valence-corrected chi connectivity index (χ4v) is 10.2. The summed E-state index contributed by atoms with van der Waals surface area (Å²) in [6.45, 7) is 2.00. The molecule has 2 aromatic carbocycles. The minimum Gasteiger partial charge on any atom is -0.378 e. The Morgan fingerprint density at radius 2 is 1.58 bits per heavy atom. The number of carbonyl (C=O) groups is 2. The molecular formula is C28H27N3O3S2. The Labute approximate surface area is 217 Å². The number of benzene rings is 2. The standard InChI is InChI=1S/C28H27N3O3S2/c1-13-4-8-16(9-5-13)31-26(32)21-17-12-18(22(21)27(31)33)23-20(17)19(24-25(35-23)29-28(34)36-24)14-6-10-15(11-7-14)30(2)3/h4-11,17-23H,12H2,1-3H3,(H,29,34)/t17-,18-,19+,20-,21+,22-,23+/m0/s1. The Balaban J connectivity index is 1.31. The van der Waals surface area contributed by atoms with E-state index in [1.165, 1.54) is 21.8 Å². The third-order valence-corrected chi connectivity index (χ3v) is 11.4. The number of imide groups is 1. The lowest BCUT2D eigenvalue weighted by molar-refractivity contribution is -0.123. The van der Waals surface area contributed by atoms with Gasteiger partial charge in [-0.05, 0) is 60.9 Å². The number of thioether (sulfide) groups is 1. The van der Waals surface area contributed by atoms with E-state index in [1.807, 2.05) is 45.3 Å². The van der Waals surface area contributed by atoms with E-state index in [2.05, 4.69) is 34.1 Å². The smallest absolute Gasteiger partial charge is 0.305 e. The van der Waals surface area contributed by atoms with Crippen molar-refractivity contribution >= 4 is 46.3 Å². The first kappa shape index (κ1) is 22.4. The molecule has 2 aliphatic heterocycles. The number of rotatable bonds is 3. The van der Waals surface area contributed by atoms with Crippen LogP contribution in [0.5, 0.6) is 0 Å². The van der Waals surface area contributed by atoms with Crippen molar-refractivity contribution < 1.29 is 9.59 Å². The third kappa shape index (κ3) is 3.00. The molecular weight excluding hydrogens is 490 g/mol. The van der Waals surface area contributed by atoms with Crippen LogP contribution in [-0.2, 0) is 9.59 Å². The van der Waals surface area contributed by atoms with Gasteiger partial charge in [-0.3, -0.25) is 19.3 Å². The molecule has 3 fully saturated rings. The molecule has 7 rings (SSSR count). The van der Waals surface area contributed by atoms with Crippen LogP contribution in [0.25, 0.3) is 0 Å². The molecule has 2 bridgehead atoms. The van der Waals surface area contributed by atoms with Gasteiger partial charge in [0.1, 0.15) is 0 Å². The van der Waals surface area contributed by atoms with Crippen LogP contribution in [0.2, 0.25) is 0 Å². The molecule has 4 aliphatic rings. The number of nitrogens with zero attached hydrogens (tertiary/aromatic N) is 2. The predicted molar refractivity (Wildman–Crippen MR) is 143 cm³/mol. The van der Waals surface area contributed by atoms with Gasteiger partial charge in [0.05, 0.1) is 22.5 Å². The molecule has 3 heterocycles. The van der Waals surface area contributed by atoms with Crippen molar-refractivity contribution in [3.8, 4) is 0 Å². The van der Waals surface area contributed by atoms with E-state index in [9.17, 15) is 14.4 Å². The van der Waals surface area contributed by atoms with Gasteiger partial charge in [-0.15, -0.1) is 11.8 Å². The summed E-state index contributed by atoms with van der Waals surface area (Å²) >= 11 is 3.03. The largest absolute Gasteiger partial charge is 0.378 e. The van der Waals surface area contributed by atoms with Crippen LogP contribution < -0.4 is 14.7 Å². The number of nitrogens with one attached hydrogen (secondary N) is 1. The number of carbonyl (C=O) groups excluding carboxylic acids is 2. The molecule has 1 saturated heterocycles. The second-order valence-electron chi connectivity index (χ2n) is 10.8. The molecule has 0 spiro atoms. The lowest BCUT2D eigenvalue weighted by Gasteiger charge is -2.43. The van der Waals surface area contributed by atoms with E-state index in [1.54, 1.807) is 11.8 Å². The molecule has 2 aliphatic carbocycles. The van der Waals surface area contributed by atoms with Crippen LogP contribution in [-0.4, -0.2) is 36.1 Å². The lowest BCUT2D eigenvalue weighted by Crippen LogP contribution is -2.42. The minimum atomic E-state index is -0.272. The molecule has 8 heteroatoms. The molecule has 0 radical (unpaired) electrons. The number of aromatic amines is 1. The number of hydrogen-bond acceptors (Lipinski definition) is 6. The number of fused-ring (bicyclic) bond motifs is 9. The maximum atomic E-state index is 13.8. The highest BCUT2D eigenvalue weighted by Crippen LogP contribution is 2.68. The highest BCUT2D eigenvalue weighted by Gasteiger charge is 2.69. The molecule has 6 nitrogen and oxygen atoms in total. The van der Waals surface area contributed by atoms with Crippen LogP contribution in [0.15, 0.2) is 58.4 Å². The van der Waals surface area contributed by atoms with Crippen molar-refractivity contribution in [1.82, 2.24) is 4.98 Å². The summed E-state index contributed by atoms with van der Waals surface area (Å²) in [6, 6.07) is 16.3. The first-order valence-corrected chi connectivity index (χ1v) is 14.1. The Morgan fingerprint density at radius 3 is 2.25 bits per heavy atom. The Hall–Kier alpha value is -2.84. The van der Waals surface area contributed by atoms with Crippen molar-refractivity contribution in [2.75, 3.05) is 23.9 Å². The maximum absolute atomic E-state index is 13.8. The van der Waals surface area contributed by atoms with Gasteiger partial charge in [-0.25, -0.2) is 0 Å². The molecule has 36 heavy (non-hydrogen) atoms. The number of thiazole rings is 1. The second kappa shape index (κ2) is 7.83. The number of aryl methyl sites for hydroxylation is 1. The summed E-state index contributed by atoms with van der Waals surface area (Å²) < 4.78 is 0. The van der Waals surface area contributed by atoms with E-state index in [0.717, 1.165) is 27.6 Å². The van der Waals surface area contributed by atoms with Crippen LogP contribution in [0, 0.1) is 36.5 Å². The number of amides is 2.